The molecule has 0 amide bonds. The van der Waals surface area contributed by atoms with Crippen LogP contribution >= 0.6 is 22.6 Å². The fourth-order valence-corrected chi connectivity index (χ4v) is 3.97. The number of rotatable bonds is 1. The van der Waals surface area contributed by atoms with Gasteiger partial charge in [0.2, 0.25) is 0 Å². The number of alkyl halides is 1. The smallest absolute Gasteiger partial charge is 0.245 e. The van der Waals surface area contributed by atoms with Crippen LogP contribution in [0.5, 0.6) is 0 Å². The molecule has 0 saturated carbocycles. The quantitative estimate of drug-likeness (QED) is 0.433. The van der Waals surface area contributed by atoms with E-state index in [1.807, 2.05) is 30.4 Å². The summed E-state index contributed by atoms with van der Waals surface area (Å²) in [5, 5.41) is 0. The van der Waals surface area contributed by atoms with Crippen LogP contribution in [0.2, 0.25) is 0 Å². The first-order valence-corrected chi connectivity index (χ1v) is 7.28. The van der Waals surface area contributed by atoms with Gasteiger partial charge in [0.1, 0.15) is 0 Å². The SMILES string of the molecule is O=c1n(-c2ccccc2)c(=O)n2n1[C@@H]1C=C[C@@H]2C1I. The van der Waals surface area contributed by atoms with Gasteiger partial charge in [-0.25, -0.2) is 23.5 Å². The summed E-state index contributed by atoms with van der Waals surface area (Å²) >= 11 is 2.31. The Morgan fingerprint density at radius 3 is 1.95 bits per heavy atom. The van der Waals surface area contributed by atoms with Crippen molar-refractivity contribution in [3.8, 4) is 5.69 Å². The number of halogens is 1. The second-order valence-corrected chi connectivity index (χ2v) is 6.17. The Hall–Kier alpha value is -1.57. The normalized spacial score (nSPS) is 26.9. The maximum Gasteiger partial charge on any atom is 0.352 e. The summed E-state index contributed by atoms with van der Waals surface area (Å²) in [4.78, 5) is 25.0. The van der Waals surface area contributed by atoms with Crippen molar-refractivity contribution in [1.29, 1.82) is 0 Å². The van der Waals surface area contributed by atoms with Gasteiger partial charge in [-0.05, 0) is 12.1 Å². The third kappa shape index (κ3) is 1.29. The number of fused-ring (bicyclic) bond motifs is 5. The third-order valence-corrected chi connectivity index (χ3v) is 5.22. The van der Waals surface area contributed by atoms with E-state index in [0.29, 0.717) is 5.69 Å². The average Bonchev–Trinajstić information content (AvgIpc) is 3.01. The number of hydrogen-bond acceptors (Lipinski definition) is 2. The van der Waals surface area contributed by atoms with Crippen molar-refractivity contribution in [3.05, 3.63) is 63.5 Å². The predicted octanol–water partition coefficient (Wildman–Crippen LogP) is 1.27. The number of para-hydroxylation sites is 1. The monoisotopic (exact) mass is 367 g/mol. The van der Waals surface area contributed by atoms with Gasteiger partial charge in [-0.3, -0.25) is 0 Å². The molecule has 0 unspecified atom stereocenters. The molecule has 0 fully saturated rings. The minimum Gasteiger partial charge on any atom is -0.245 e. The van der Waals surface area contributed by atoms with Crippen LogP contribution in [-0.2, 0) is 0 Å². The van der Waals surface area contributed by atoms with Gasteiger partial charge < -0.3 is 0 Å². The van der Waals surface area contributed by atoms with Gasteiger partial charge in [0.05, 0.1) is 21.7 Å². The summed E-state index contributed by atoms with van der Waals surface area (Å²) in [6, 6.07) is 9.05. The lowest BCUT2D eigenvalue weighted by Gasteiger charge is -2.07. The summed E-state index contributed by atoms with van der Waals surface area (Å²) in [5.74, 6) is 0. The molecule has 1 aliphatic heterocycles. The predicted molar refractivity (Wildman–Crippen MR) is 79.3 cm³/mol. The van der Waals surface area contributed by atoms with E-state index in [1.165, 1.54) is 4.57 Å². The molecule has 2 aromatic rings. The second kappa shape index (κ2) is 3.72. The van der Waals surface area contributed by atoms with E-state index in [4.69, 9.17) is 0 Å². The number of allylic oxidation sites excluding steroid dienone is 2. The second-order valence-electron chi connectivity index (χ2n) is 4.74. The average molecular weight is 367 g/mol. The number of aromatic nitrogens is 3. The van der Waals surface area contributed by atoms with Crippen molar-refractivity contribution in [3.63, 3.8) is 0 Å². The zero-order valence-electron chi connectivity index (χ0n) is 9.81. The molecule has 2 aliphatic rings. The summed E-state index contributed by atoms with van der Waals surface area (Å²) in [5.41, 5.74) is 0.112. The van der Waals surface area contributed by atoms with Gasteiger partial charge in [0.15, 0.2) is 0 Å². The van der Waals surface area contributed by atoms with Crippen LogP contribution in [0.4, 0.5) is 0 Å². The summed E-state index contributed by atoms with van der Waals surface area (Å²) in [6.07, 6.45) is 4.02. The van der Waals surface area contributed by atoms with Crippen molar-refractivity contribution >= 4 is 22.6 Å². The molecule has 0 N–H and O–H groups in total. The van der Waals surface area contributed by atoms with Gasteiger partial charge >= 0.3 is 11.4 Å². The molecule has 1 aliphatic carbocycles. The Morgan fingerprint density at radius 1 is 0.895 bits per heavy atom. The van der Waals surface area contributed by atoms with E-state index in [-0.39, 0.29) is 27.4 Å². The van der Waals surface area contributed by atoms with E-state index in [9.17, 15) is 9.59 Å². The van der Waals surface area contributed by atoms with Crippen molar-refractivity contribution in [2.75, 3.05) is 0 Å². The molecule has 2 bridgehead atoms. The van der Waals surface area contributed by atoms with Crippen molar-refractivity contribution in [2.24, 2.45) is 0 Å². The molecule has 6 heteroatoms. The molecule has 0 radical (unpaired) electrons. The molecule has 1 aromatic carbocycles. The lowest BCUT2D eigenvalue weighted by atomic mass is 10.2. The molecule has 4 rings (SSSR count). The highest BCUT2D eigenvalue weighted by atomic mass is 127. The van der Waals surface area contributed by atoms with Crippen LogP contribution < -0.4 is 11.4 Å². The van der Waals surface area contributed by atoms with Crippen LogP contribution in [0.3, 0.4) is 0 Å². The zero-order valence-corrected chi connectivity index (χ0v) is 12.0. The van der Waals surface area contributed by atoms with E-state index in [2.05, 4.69) is 22.6 Å². The van der Waals surface area contributed by atoms with Crippen molar-refractivity contribution < 1.29 is 0 Å². The van der Waals surface area contributed by atoms with Gasteiger partial charge in [-0.15, -0.1) is 0 Å². The fraction of sp³-hybridized carbons (Fsp3) is 0.231. The number of nitrogens with zero attached hydrogens (tertiary/aromatic N) is 3. The molecule has 0 spiro atoms. The lowest BCUT2D eigenvalue weighted by molar-refractivity contribution is 0.505. The Balaban J connectivity index is 2.03. The maximum atomic E-state index is 12.5. The van der Waals surface area contributed by atoms with Gasteiger partial charge in [-0.2, -0.15) is 0 Å². The Bertz CT molecular complexity index is 754. The molecule has 0 saturated heterocycles. The summed E-state index contributed by atoms with van der Waals surface area (Å²) in [7, 11) is 0. The van der Waals surface area contributed by atoms with Crippen molar-refractivity contribution in [2.45, 2.75) is 16.0 Å². The Kier molecular flexibility index (Phi) is 2.21. The number of benzene rings is 1. The summed E-state index contributed by atoms with van der Waals surface area (Å²) in [6.45, 7) is 0. The Morgan fingerprint density at radius 2 is 1.42 bits per heavy atom. The van der Waals surface area contributed by atoms with Crippen LogP contribution in [-0.4, -0.2) is 17.9 Å². The standard InChI is InChI=1S/C13H10IN3O2/c14-11-9-6-7-10(11)17-13(19)15(12(18)16(9)17)8-4-2-1-3-5-8/h1-7,9-11H/t9-,10-/m1/s1. The largest absolute Gasteiger partial charge is 0.352 e. The maximum absolute atomic E-state index is 12.5. The highest BCUT2D eigenvalue weighted by molar-refractivity contribution is 14.1. The first-order chi connectivity index (χ1) is 9.20. The van der Waals surface area contributed by atoms with Crippen molar-refractivity contribution in [1.82, 2.24) is 13.9 Å². The topological polar surface area (TPSA) is 48.9 Å². The molecule has 96 valence electrons. The van der Waals surface area contributed by atoms with E-state index in [0.717, 1.165) is 0 Å². The molecule has 1 aromatic heterocycles. The molecular formula is C13H10IN3O2. The van der Waals surface area contributed by atoms with Crippen LogP contribution in [0.25, 0.3) is 5.69 Å². The Labute approximate surface area is 121 Å². The van der Waals surface area contributed by atoms with Gasteiger partial charge in [-0.1, -0.05) is 52.9 Å². The minimum absolute atomic E-state index is 0.00392. The molecule has 5 nitrogen and oxygen atoms in total. The lowest BCUT2D eigenvalue weighted by Crippen LogP contribution is -2.30. The minimum atomic E-state index is -0.255. The van der Waals surface area contributed by atoms with E-state index >= 15 is 0 Å². The third-order valence-electron chi connectivity index (χ3n) is 3.74. The molecule has 19 heavy (non-hydrogen) atoms. The summed E-state index contributed by atoms with van der Waals surface area (Å²) < 4.78 is 4.66. The molecule has 2 heterocycles. The van der Waals surface area contributed by atoms with E-state index in [1.54, 1.807) is 21.5 Å². The molecule has 2 atom stereocenters. The van der Waals surface area contributed by atoms with Gasteiger partial charge in [0.25, 0.3) is 0 Å². The van der Waals surface area contributed by atoms with Gasteiger partial charge in [0, 0.05) is 0 Å². The molecular weight excluding hydrogens is 357 g/mol. The number of hydrogen-bond donors (Lipinski definition) is 0. The first-order valence-electron chi connectivity index (χ1n) is 6.04. The fourth-order valence-electron chi connectivity index (χ4n) is 2.89. The van der Waals surface area contributed by atoms with E-state index < -0.39 is 0 Å². The van der Waals surface area contributed by atoms with Crippen LogP contribution in [0.1, 0.15) is 12.1 Å². The highest BCUT2D eigenvalue weighted by Gasteiger charge is 2.44. The first kappa shape index (κ1) is 11.3. The van der Waals surface area contributed by atoms with Crippen LogP contribution in [0.15, 0.2) is 52.1 Å². The zero-order chi connectivity index (χ0) is 13.1. The van der Waals surface area contributed by atoms with Crippen LogP contribution in [0, 0.1) is 0 Å². The highest BCUT2D eigenvalue weighted by Crippen LogP contribution is 2.41.